The minimum absolute atomic E-state index is 0. The monoisotopic (exact) mass is 276 g/mol. The number of hydrogen-bond donors (Lipinski definition) is 0. The van der Waals surface area contributed by atoms with Gasteiger partial charge < -0.3 is 9.11 Å². The first kappa shape index (κ1) is 24.3. The van der Waals surface area contributed by atoms with E-state index in [1.807, 2.05) is 0 Å². The van der Waals surface area contributed by atoms with Gasteiger partial charge in [-0.05, 0) is 0 Å². The zero-order chi connectivity index (χ0) is 11.7. The van der Waals surface area contributed by atoms with Gasteiger partial charge in [-0.25, -0.2) is 0 Å². The Morgan fingerprint density at radius 3 is 0.857 bits per heavy atom. The fraction of sp³-hybridized carbons (Fsp3) is 1.00. The average molecular weight is 277 g/mol. The van der Waals surface area contributed by atoms with Crippen LogP contribution in [0.4, 0.5) is 0 Å². The van der Waals surface area contributed by atoms with Crippen LogP contribution in [0, 0.1) is 0 Å². The maximum Gasteiger partial charge on any atom is 2.00 e. The van der Waals surface area contributed by atoms with Crippen molar-refractivity contribution in [2.45, 2.75) is 0 Å². The Morgan fingerprint density at radius 2 is 0.857 bits per heavy atom. The molecule has 0 saturated heterocycles. The Bertz CT molecular complexity index is 220. The van der Waals surface area contributed by atoms with Crippen molar-refractivity contribution in [1.29, 1.82) is 0 Å². The van der Waals surface area contributed by atoms with Crippen LogP contribution in [0.15, 0.2) is 0 Å². The minimum Gasteiger partial charge on any atom is -0.759 e. The second kappa shape index (κ2) is 13.9. The molecule has 0 aromatic rings. The Hall–Kier alpha value is 0.936. The summed E-state index contributed by atoms with van der Waals surface area (Å²) in [5.41, 5.74) is 0. The molecule has 0 aliphatic carbocycles. The van der Waals surface area contributed by atoms with Crippen LogP contribution in [0.3, 0.4) is 0 Å². The van der Waals surface area contributed by atoms with Crippen LogP contribution < -0.4 is 0 Å². The second-order valence-corrected chi connectivity index (χ2v) is 5.67. The molecule has 0 atom stereocenters. The van der Waals surface area contributed by atoms with Gasteiger partial charge in [-0.1, -0.05) is 0 Å². The summed E-state index contributed by atoms with van der Waals surface area (Å²) in [5.74, 6) is 0. The molecular formula is C4H12MgO6S3. The summed E-state index contributed by atoms with van der Waals surface area (Å²) in [7, 11) is -6.39. The molecule has 0 aromatic carbocycles. The molecule has 14 heavy (non-hydrogen) atoms. The van der Waals surface area contributed by atoms with Crippen molar-refractivity contribution in [3.05, 3.63) is 0 Å². The van der Waals surface area contributed by atoms with Crippen LogP contribution >= 0.6 is 0 Å². The summed E-state index contributed by atoms with van der Waals surface area (Å²) >= 11 is 0. The molecule has 10 heteroatoms. The molecule has 0 radical (unpaired) electrons. The van der Waals surface area contributed by atoms with E-state index in [2.05, 4.69) is 0 Å². The molecule has 0 rings (SSSR count). The van der Waals surface area contributed by atoms with Crippen LogP contribution in [-0.4, -0.2) is 74.0 Å². The third-order valence-electron chi connectivity index (χ3n) is 0. The zero-order valence-electron chi connectivity index (χ0n) is 8.38. The molecule has 0 saturated carbocycles. The van der Waals surface area contributed by atoms with Crippen LogP contribution in [0.25, 0.3) is 0 Å². The molecule has 0 fully saturated rings. The van der Waals surface area contributed by atoms with E-state index in [0.717, 1.165) is 0 Å². The first-order valence-electron chi connectivity index (χ1n) is 2.63. The van der Waals surface area contributed by atoms with Crippen molar-refractivity contribution in [2.24, 2.45) is 0 Å². The number of hydrogen-bond acceptors (Lipinski definition) is 6. The normalized spacial score (nSPS) is 9.14. The molecule has 0 aliphatic heterocycles. The SMILES string of the molecule is CS(C)=O.CS(C)=O.O=S(=O)([O-])[O-].[Mg+2]. The summed E-state index contributed by atoms with van der Waals surface area (Å²) in [6, 6.07) is 0. The van der Waals surface area contributed by atoms with Crippen LogP contribution in [0.1, 0.15) is 0 Å². The Morgan fingerprint density at radius 1 is 0.857 bits per heavy atom. The van der Waals surface area contributed by atoms with Crippen LogP contribution in [-0.2, 0) is 32.0 Å². The van der Waals surface area contributed by atoms with Gasteiger partial charge in [-0.15, -0.1) is 0 Å². The predicted molar refractivity (Wildman–Crippen MR) is 56.2 cm³/mol. The summed E-state index contributed by atoms with van der Waals surface area (Å²) in [6.07, 6.45) is 6.56. The van der Waals surface area contributed by atoms with Crippen molar-refractivity contribution in [1.82, 2.24) is 0 Å². The van der Waals surface area contributed by atoms with Gasteiger partial charge in [-0.2, -0.15) is 0 Å². The predicted octanol–water partition coefficient (Wildman–Crippen LogP) is -1.73. The maximum atomic E-state index is 9.56. The number of rotatable bonds is 0. The second-order valence-electron chi connectivity index (χ2n) is 1.89. The van der Waals surface area contributed by atoms with Crippen molar-refractivity contribution >= 4 is 55.1 Å². The van der Waals surface area contributed by atoms with Gasteiger partial charge in [0.05, 0.1) is 0 Å². The van der Waals surface area contributed by atoms with Crippen molar-refractivity contribution < 1.29 is 25.9 Å². The van der Waals surface area contributed by atoms with E-state index in [4.69, 9.17) is 17.5 Å². The van der Waals surface area contributed by atoms with Gasteiger partial charge in [0, 0.05) is 57.0 Å². The zero-order valence-corrected chi connectivity index (χ0v) is 12.2. The molecule has 0 spiro atoms. The quantitative estimate of drug-likeness (QED) is 0.295. The minimum atomic E-state index is -5.17. The molecule has 0 aromatic heterocycles. The van der Waals surface area contributed by atoms with Crippen LogP contribution in [0.5, 0.6) is 0 Å². The van der Waals surface area contributed by atoms with Gasteiger partial charge in [0.15, 0.2) is 0 Å². The van der Waals surface area contributed by atoms with Gasteiger partial charge in [-0.3, -0.25) is 16.8 Å². The molecule has 0 unspecified atom stereocenters. The van der Waals surface area contributed by atoms with Gasteiger partial charge in [0.2, 0.25) is 0 Å². The van der Waals surface area contributed by atoms with Crippen molar-refractivity contribution in [2.75, 3.05) is 25.0 Å². The molecule has 0 bridgehead atoms. The average Bonchev–Trinajstić information content (AvgIpc) is 1.50. The summed E-state index contributed by atoms with van der Waals surface area (Å²) < 4.78 is 53.2. The van der Waals surface area contributed by atoms with E-state index in [-0.39, 0.29) is 23.1 Å². The summed E-state index contributed by atoms with van der Waals surface area (Å²) in [5, 5.41) is 0. The molecule has 84 valence electrons. The van der Waals surface area contributed by atoms with E-state index in [9.17, 15) is 8.42 Å². The van der Waals surface area contributed by atoms with Crippen LogP contribution in [0.2, 0.25) is 0 Å². The molecule has 6 nitrogen and oxygen atoms in total. The van der Waals surface area contributed by atoms with Crippen molar-refractivity contribution in [3.8, 4) is 0 Å². The molecular weight excluding hydrogens is 265 g/mol. The molecule has 0 heterocycles. The summed E-state index contributed by atoms with van der Waals surface area (Å²) in [6.45, 7) is 0. The molecule has 0 amide bonds. The maximum absolute atomic E-state index is 9.56. The summed E-state index contributed by atoms with van der Waals surface area (Å²) in [4.78, 5) is 0. The fourth-order valence-corrected chi connectivity index (χ4v) is 0. The van der Waals surface area contributed by atoms with E-state index in [1.165, 1.54) is 0 Å². The van der Waals surface area contributed by atoms with Gasteiger partial charge in [0.25, 0.3) is 0 Å². The Kier molecular flexibility index (Phi) is 24.1. The van der Waals surface area contributed by atoms with Gasteiger partial charge >= 0.3 is 23.1 Å². The third kappa shape index (κ3) is 2100. The molecule has 0 aliphatic rings. The van der Waals surface area contributed by atoms with Gasteiger partial charge in [0.1, 0.15) is 0 Å². The third-order valence-corrected chi connectivity index (χ3v) is 0. The van der Waals surface area contributed by atoms with Crippen molar-refractivity contribution in [3.63, 3.8) is 0 Å². The van der Waals surface area contributed by atoms with E-state index in [1.54, 1.807) is 25.0 Å². The van der Waals surface area contributed by atoms with E-state index >= 15 is 0 Å². The topological polar surface area (TPSA) is 114 Å². The Labute approximate surface area is 105 Å². The fourth-order valence-electron chi connectivity index (χ4n) is 0. The first-order chi connectivity index (χ1) is 5.46. The standard InChI is InChI=1S/2C2H6OS.Mg.H2O4S/c2*1-4(2)3;;1-5(2,3)4/h2*1-2H3;;(H2,1,2,3,4)/q;;+2;/p-2. The van der Waals surface area contributed by atoms with E-state index < -0.39 is 32.0 Å². The van der Waals surface area contributed by atoms with E-state index in [0.29, 0.717) is 0 Å². The largest absolute Gasteiger partial charge is 2.00 e. The Balaban J connectivity index is -0.0000000522. The smallest absolute Gasteiger partial charge is 0.759 e. The molecule has 0 N–H and O–H groups in total. The first-order valence-corrected chi connectivity index (χ1v) is 7.90.